The fourth-order valence-electron chi connectivity index (χ4n) is 4.88. The van der Waals surface area contributed by atoms with Gasteiger partial charge in [0, 0.05) is 5.56 Å². The van der Waals surface area contributed by atoms with E-state index >= 15 is 0 Å². The summed E-state index contributed by atoms with van der Waals surface area (Å²) in [7, 11) is 1.54. The highest BCUT2D eigenvalue weighted by Crippen LogP contribution is 2.35. The van der Waals surface area contributed by atoms with Crippen LogP contribution in [0.1, 0.15) is 57.0 Å². The average Bonchev–Trinajstić information content (AvgIpc) is 3.28. The van der Waals surface area contributed by atoms with Gasteiger partial charge in [0.15, 0.2) is 0 Å². The number of carbonyl (C=O) groups excluding carboxylic acids is 1. The first-order valence-electron chi connectivity index (χ1n) is 12.2. The van der Waals surface area contributed by atoms with E-state index in [0.717, 1.165) is 28.8 Å². The Morgan fingerprint density at radius 3 is 2.24 bits per heavy atom. The van der Waals surface area contributed by atoms with Crippen molar-refractivity contribution in [2.24, 2.45) is 0 Å². The van der Waals surface area contributed by atoms with Gasteiger partial charge in [0.25, 0.3) is 5.91 Å². The number of aryl methyl sites for hydroxylation is 3. The molecule has 200 valence electrons. The van der Waals surface area contributed by atoms with E-state index in [9.17, 15) is 23.1 Å². The summed E-state index contributed by atoms with van der Waals surface area (Å²) >= 11 is 0. The largest absolute Gasteiger partial charge is 0.497 e. The molecule has 0 fully saturated rings. The van der Waals surface area contributed by atoms with Crippen LogP contribution in [0.4, 0.5) is 13.2 Å². The lowest BCUT2D eigenvalue weighted by molar-refractivity contribution is -0.137. The third kappa shape index (κ3) is 5.24. The van der Waals surface area contributed by atoms with Crippen molar-refractivity contribution in [3.8, 4) is 5.75 Å². The highest BCUT2D eigenvalue weighted by molar-refractivity contribution is 5.98. The first-order valence-corrected chi connectivity index (χ1v) is 12.2. The summed E-state index contributed by atoms with van der Waals surface area (Å²) in [6, 6.07) is 12.7. The number of hydrogen-bond donors (Lipinski definition) is 2. The van der Waals surface area contributed by atoms with Gasteiger partial charge in [-0.25, -0.2) is 4.98 Å². The van der Waals surface area contributed by atoms with Gasteiger partial charge in [-0.3, -0.25) is 4.79 Å². The summed E-state index contributed by atoms with van der Waals surface area (Å²) in [5, 5.41) is 10.2. The van der Waals surface area contributed by atoms with E-state index in [2.05, 4.69) is 9.97 Å². The molecule has 1 amide bonds. The molecular formula is C29H30F3N3O3. The molecule has 38 heavy (non-hydrogen) atoms. The average molecular weight is 526 g/mol. The summed E-state index contributed by atoms with van der Waals surface area (Å²) in [6.45, 7) is 7.05. The van der Waals surface area contributed by atoms with Crippen LogP contribution in [0.15, 0.2) is 54.6 Å². The van der Waals surface area contributed by atoms with Crippen molar-refractivity contribution >= 4 is 16.9 Å². The van der Waals surface area contributed by atoms with Crippen molar-refractivity contribution in [3.05, 3.63) is 93.8 Å². The van der Waals surface area contributed by atoms with Crippen LogP contribution in [-0.4, -0.2) is 45.6 Å². The zero-order valence-corrected chi connectivity index (χ0v) is 21.8. The smallest absolute Gasteiger partial charge is 0.416 e. The van der Waals surface area contributed by atoms with Crippen molar-refractivity contribution in [2.75, 3.05) is 13.7 Å². The first kappa shape index (κ1) is 27.2. The Morgan fingerprint density at radius 2 is 1.68 bits per heavy atom. The van der Waals surface area contributed by atoms with Gasteiger partial charge in [0.05, 0.1) is 36.4 Å². The highest BCUT2D eigenvalue weighted by atomic mass is 19.4. The van der Waals surface area contributed by atoms with Gasteiger partial charge in [0.2, 0.25) is 0 Å². The van der Waals surface area contributed by atoms with Crippen molar-refractivity contribution in [1.29, 1.82) is 0 Å². The van der Waals surface area contributed by atoms with Crippen molar-refractivity contribution < 1.29 is 27.8 Å². The number of aliphatic hydroxyl groups excluding tert-OH is 1. The van der Waals surface area contributed by atoms with E-state index in [1.807, 2.05) is 32.9 Å². The summed E-state index contributed by atoms with van der Waals surface area (Å²) in [4.78, 5) is 23.4. The Kier molecular flexibility index (Phi) is 7.51. The molecule has 4 aromatic rings. The summed E-state index contributed by atoms with van der Waals surface area (Å²) in [5.74, 6) is 0.560. The first-order chi connectivity index (χ1) is 17.9. The van der Waals surface area contributed by atoms with Gasteiger partial charge in [-0.05, 0) is 74.7 Å². The number of alkyl halides is 3. The number of hydrogen-bond acceptors (Lipinski definition) is 4. The molecule has 4 rings (SSSR count). The van der Waals surface area contributed by atoms with E-state index in [0.29, 0.717) is 22.4 Å². The van der Waals surface area contributed by atoms with Gasteiger partial charge in [-0.15, -0.1) is 0 Å². The van der Waals surface area contributed by atoms with Gasteiger partial charge >= 0.3 is 6.18 Å². The zero-order valence-electron chi connectivity index (χ0n) is 21.8. The highest BCUT2D eigenvalue weighted by Gasteiger charge is 2.35. The Bertz CT molecular complexity index is 1440. The number of rotatable bonds is 7. The third-order valence-electron chi connectivity index (χ3n) is 6.66. The van der Waals surface area contributed by atoms with Gasteiger partial charge in [-0.2, -0.15) is 13.2 Å². The zero-order chi connectivity index (χ0) is 27.8. The monoisotopic (exact) mass is 525 g/mol. The molecule has 1 aromatic heterocycles. The van der Waals surface area contributed by atoms with Crippen LogP contribution in [0, 0.1) is 20.8 Å². The maximum atomic E-state index is 14.2. The van der Waals surface area contributed by atoms with E-state index in [1.54, 1.807) is 31.2 Å². The van der Waals surface area contributed by atoms with Crippen LogP contribution in [0.3, 0.4) is 0 Å². The minimum Gasteiger partial charge on any atom is -0.497 e. The van der Waals surface area contributed by atoms with E-state index in [-0.39, 0.29) is 23.9 Å². The third-order valence-corrected chi connectivity index (χ3v) is 6.66. The molecule has 0 saturated heterocycles. The molecule has 0 spiro atoms. The predicted octanol–water partition coefficient (Wildman–Crippen LogP) is 6.13. The molecule has 0 bridgehead atoms. The van der Waals surface area contributed by atoms with Crippen LogP contribution < -0.4 is 4.74 Å². The molecule has 0 aliphatic rings. The van der Waals surface area contributed by atoms with Crippen LogP contribution in [-0.2, 0) is 6.18 Å². The number of imidazole rings is 1. The molecule has 0 aliphatic carbocycles. The minimum absolute atomic E-state index is 0.195. The molecule has 2 unspecified atom stereocenters. The number of halogens is 3. The predicted molar refractivity (Wildman–Crippen MR) is 139 cm³/mol. The molecule has 2 N–H and O–H groups in total. The number of nitrogens with one attached hydrogen (secondary N) is 1. The van der Waals surface area contributed by atoms with E-state index in [1.165, 1.54) is 18.1 Å². The lowest BCUT2D eigenvalue weighted by Crippen LogP contribution is -2.44. The van der Waals surface area contributed by atoms with Crippen molar-refractivity contribution in [2.45, 2.75) is 46.0 Å². The Labute approximate surface area is 219 Å². The number of aromatic amines is 1. The maximum Gasteiger partial charge on any atom is 0.416 e. The fourth-order valence-corrected chi connectivity index (χ4v) is 4.88. The normalized spacial score (nSPS) is 13.4. The molecule has 2 atom stereocenters. The number of fused-ring (bicyclic) bond motifs is 1. The number of nitrogens with zero attached hydrogens (tertiary/aromatic N) is 2. The second-order valence-electron chi connectivity index (χ2n) is 9.55. The summed E-state index contributed by atoms with van der Waals surface area (Å²) in [5.41, 5.74) is 3.47. The second kappa shape index (κ2) is 10.5. The molecule has 0 radical (unpaired) electrons. The maximum absolute atomic E-state index is 14.2. The van der Waals surface area contributed by atoms with Gasteiger partial charge < -0.3 is 19.7 Å². The lowest BCUT2D eigenvalue weighted by Gasteiger charge is -2.36. The molecule has 0 aliphatic heterocycles. The number of benzene rings is 3. The van der Waals surface area contributed by atoms with Gasteiger partial charge in [0.1, 0.15) is 17.6 Å². The second-order valence-corrected chi connectivity index (χ2v) is 9.55. The number of carbonyl (C=O) groups is 1. The topological polar surface area (TPSA) is 78.5 Å². The quantitative estimate of drug-likeness (QED) is 0.304. The van der Waals surface area contributed by atoms with E-state index in [4.69, 9.17) is 4.74 Å². The standard InChI is InChI=1S/C29H30F3N3O3/c1-16-12-17(2)25(18(3)13-16)28(37)35(19(4)15-36)26(20-6-9-22(38-5)10-7-20)27-33-23-11-8-21(29(30,31)32)14-24(23)34-27/h6-14,19,26,36H,15H2,1-5H3,(H,33,34). The van der Waals surface area contributed by atoms with Crippen molar-refractivity contribution in [3.63, 3.8) is 0 Å². The van der Waals surface area contributed by atoms with Crippen LogP contribution >= 0.6 is 0 Å². The molecule has 0 saturated carbocycles. The summed E-state index contributed by atoms with van der Waals surface area (Å²) in [6.07, 6.45) is -4.51. The number of aromatic nitrogens is 2. The molecular weight excluding hydrogens is 495 g/mol. The number of ether oxygens (including phenoxy) is 1. The SMILES string of the molecule is COc1ccc(C(c2nc3ccc(C(F)(F)F)cc3[nH]2)N(C(=O)c2c(C)cc(C)cc2C)C(C)CO)cc1. The van der Waals surface area contributed by atoms with E-state index < -0.39 is 23.8 Å². The Balaban J connectivity index is 1.93. The molecule has 3 aromatic carbocycles. The van der Waals surface area contributed by atoms with Crippen molar-refractivity contribution in [1.82, 2.24) is 14.9 Å². The van der Waals surface area contributed by atoms with Gasteiger partial charge in [-0.1, -0.05) is 29.8 Å². The Morgan fingerprint density at radius 1 is 1.05 bits per heavy atom. The van der Waals surface area contributed by atoms with Crippen LogP contribution in [0.25, 0.3) is 11.0 Å². The lowest BCUT2D eigenvalue weighted by atomic mass is 9.95. The number of H-pyrrole nitrogens is 1. The number of methoxy groups -OCH3 is 1. The minimum atomic E-state index is -4.51. The molecule has 1 heterocycles. The number of amides is 1. The Hall–Kier alpha value is -3.85. The van der Waals surface area contributed by atoms with Crippen LogP contribution in [0.2, 0.25) is 0 Å². The molecule has 9 heteroatoms. The summed E-state index contributed by atoms with van der Waals surface area (Å²) < 4.78 is 45.4. The fraction of sp³-hybridized carbons (Fsp3) is 0.310. The van der Waals surface area contributed by atoms with Crippen LogP contribution in [0.5, 0.6) is 5.75 Å². The number of aliphatic hydroxyl groups is 1. The molecule has 6 nitrogen and oxygen atoms in total.